The van der Waals surface area contributed by atoms with Crippen LogP contribution in [0.4, 0.5) is 0 Å². The summed E-state index contributed by atoms with van der Waals surface area (Å²) in [7, 11) is 2.98. The third kappa shape index (κ3) is 11.2. The molecule has 0 aromatic heterocycles. The van der Waals surface area contributed by atoms with E-state index in [1.807, 2.05) is 0 Å². The average molecular weight is 267 g/mol. The molecule has 0 heterocycles. The summed E-state index contributed by atoms with van der Waals surface area (Å²) < 4.78 is 0. The Balaban J connectivity index is 0. The summed E-state index contributed by atoms with van der Waals surface area (Å²) in [5.41, 5.74) is 0. The van der Waals surface area contributed by atoms with E-state index >= 15 is 0 Å². The Bertz CT molecular complexity index is 140. The normalized spacial score (nSPS) is 13.3. The highest BCUT2D eigenvalue weighted by atomic mass is 35.5. The largest absolute Gasteiger partial charge is 0.147 e. The Morgan fingerprint density at radius 1 is 0.938 bits per heavy atom. The average Bonchev–Trinajstić information content (AvgIpc) is 2.14. The molecule has 0 saturated heterocycles. The summed E-state index contributed by atoms with van der Waals surface area (Å²) >= 11 is 0. The predicted molar refractivity (Wildman–Crippen MR) is 82.8 cm³/mol. The van der Waals surface area contributed by atoms with Gasteiger partial charge in [-0.1, -0.05) is 72.6 Å². The van der Waals surface area contributed by atoms with E-state index in [0.717, 1.165) is 5.92 Å². The molecule has 2 atom stereocenters. The lowest BCUT2D eigenvalue weighted by Crippen LogP contribution is -2.20. The second-order valence-electron chi connectivity index (χ2n) is 5.63. The molecule has 0 aliphatic heterocycles. The predicted octanol–water partition coefficient (Wildman–Crippen LogP) is 5.84. The van der Waals surface area contributed by atoms with Gasteiger partial charge in [0.05, 0.1) is 0 Å². The minimum absolute atomic E-state index is 0. The monoisotopic (exact) mass is 266 g/mol. The molecule has 16 heavy (non-hydrogen) atoms. The second kappa shape index (κ2) is 10.8. The maximum atomic E-state index is 2.98. The maximum absolute atomic E-state index is 2.98. The summed E-state index contributed by atoms with van der Waals surface area (Å²) in [5, 5.41) is 0.419. The Labute approximate surface area is 112 Å². The van der Waals surface area contributed by atoms with Crippen molar-refractivity contribution < 1.29 is 0 Å². The molecule has 2 heteroatoms. The van der Waals surface area contributed by atoms with E-state index in [4.69, 9.17) is 0 Å². The van der Waals surface area contributed by atoms with Gasteiger partial charge in [0, 0.05) is 0 Å². The lowest BCUT2D eigenvalue weighted by Gasteiger charge is -2.26. The number of hydrogen-bond acceptors (Lipinski definition) is 0. The molecule has 0 fully saturated rings. The van der Waals surface area contributed by atoms with E-state index in [0.29, 0.717) is 5.16 Å². The Hall–Kier alpha value is 0.720. The van der Waals surface area contributed by atoms with Gasteiger partial charge in [-0.2, -0.15) is 0 Å². The van der Waals surface area contributed by atoms with Crippen molar-refractivity contribution in [1.82, 2.24) is 0 Å². The number of unbranched alkanes of at least 4 members (excludes halogenated alkanes) is 6. The fourth-order valence-corrected chi connectivity index (χ4v) is 1.95. The molecular weight excluding hydrogens is 235 g/mol. The molecule has 0 N–H and O–H groups in total. The van der Waals surface area contributed by atoms with Crippen LogP contribution in [0, 0.1) is 5.92 Å². The highest BCUT2D eigenvalue weighted by molar-refractivity contribution is 7.18. The zero-order valence-corrected chi connectivity index (χ0v) is 13.7. The van der Waals surface area contributed by atoms with E-state index in [2.05, 4.69) is 36.9 Å². The van der Waals surface area contributed by atoms with Gasteiger partial charge in [0.15, 0.2) is 0 Å². The van der Waals surface area contributed by atoms with Gasteiger partial charge >= 0.3 is 0 Å². The molecule has 100 valence electrons. The molecule has 0 aliphatic carbocycles. The van der Waals surface area contributed by atoms with Gasteiger partial charge in [-0.15, -0.1) is 21.6 Å². The Morgan fingerprint density at radius 3 is 1.81 bits per heavy atom. The maximum Gasteiger partial charge on any atom is -0.0181 e. The quantitative estimate of drug-likeness (QED) is 0.363. The van der Waals surface area contributed by atoms with Crippen LogP contribution in [-0.4, -0.2) is 5.16 Å². The summed E-state index contributed by atoms with van der Waals surface area (Å²) in [4.78, 5) is 0. The molecule has 0 bridgehead atoms. The van der Waals surface area contributed by atoms with Crippen LogP contribution in [0.3, 0.4) is 0 Å². The van der Waals surface area contributed by atoms with Crippen LogP contribution in [0.1, 0.15) is 79.1 Å². The molecule has 0 saturated carbocycles. The molecule has 0 rings (SSSR count). The molecular formula is C14H32ClP. The topological polar surface area (TPSA) is 0 Å². The van der Waals surface area contributed by atoms with Crippen molar-refractivity contribution in [3.63, 3.8) is 0 Å². The molecule has 0 nitrogen and oxygen atoms in total. The Kier molecular flexibility index (Phi) is 12.9. The van der Waals surface area contributed by atoms with Crippen molar-refractivity contribution in [3.05, 3.63) is 0 Å². The first kappa shape index (κ1) is 19.1. The standard InChI is InChI=1S/C14H31P.ClH/c1-5-6-7-8-9-10-11-12-13(2)14(3,4)15;/h13H,5-12,15H2,1-4H3;1H. The third-order valence-corrected chi connectivity index (χ3v) is 4.08. The molecule has 2 unspecified atom stereocenters. The first-order chi connectivity index (χ1) is 6.98. The van der Waals surface area contributed by atoms with Gasteiger partial charge < -0.3 is 0 Å². The highest BCUT2D eigenvalue weighted by Gasteiger charge is 2.19. The van der Waals surface area contributed by atoms with Crippen molar-refractivity contribution in [2.24, 2.45) is 5.92 Å². The zero-order valence-electron chi connectivity index (χ0n) is 11.7. The highest BCUT2D eigenvalue weighted by Crippen LogP contribution is 2.30. The fraction of sp³-hybridized carbons (Fsp3) is 1.00. The van der Waals surface area contributed by atoms with E-state index < -0.39 is 0 Å². The van der Waals surface area contributed by atoms with Crippen molar-refractivity contribution >= 4 is 21.6 Å². The molecule has 0 aromatic rings. The van der Waals surface area contributed by atoms with Gasteiger partial charge in [-0.25, -0.2) is 0 Å². The van der Waals surface area contributed by atoms with Crippen LogP contribution in [0.15, 0.2) is 0 Å². The van der Waals surface area contributed by atoms with Crippen molar-refractivity contribution in [2.75, 3.05) is 0 Å². The summed E-state index contributed by atoms with van der Waals surface area (Å²) in [6, 6.07) is 0. The number of hydrogen-bond donors (Lipinski definition) is 0. The molecule has 0 radical (unpaired) electrons. The van der Waals surface area contributed by atoms with Crippen LogP contribution in [0.2, 0.25) is 0 Å². The molecule has 0 amide bonds. The summed E-state index contributed by atoms with van der Waals surface area (Å²) in [5.74, 6) is 0.832. The second-order valence-corrected chi connectivity index (χ2v) is 7.12. The number of halogens is 1. The minimum atomic E-state index is 0. The lowest BCUT2D eigenvalue weighted by atomic mass is 9.91. The van der Waals surface area contributed by atoms with Crippen LogP contribution in [0.5, 0.6) is 0 Å². The first-order valence-electron chi connectivity index (χ1n) is 6.77. The van der Waals surface area contributed by atoms with Gasteiger partial charge in [0.1, 0.15) is 0 Å². The van der Waals surface area contributed by atoms with Crippen LogP contribution < -0.4 is 0 Å². The third-order valence-electron chi connectivity index (χ3n) is 3.51. The van der Waals surface area contributed by atoms with Gasteiger partial charge in [-0.3, -0.25) is 0 Å². The Morgan fingerprint density at radius 2 is 1.38 bits per heavy atom. The van der Waals surface area contributed by atoms with E-state index in [1.54, 1.807) is 0 Å². The number of rotatable bonds is 9. The minimum Gasteiger partial charge on any atom is -0.147 e. The van der Waals surface area contributed by atoms with E-state index in [1.165, 1.54) is 51.4 Å². The van der Waals surface area contributed by atoms with Crippen LogP contribution in [-0.2, 0) is 0 Å². The first-order valence-corrected chi connectivity index (χ1v) is 7.35. The van der Waals surface area contributed by atoms with Crippen molar-refractivity contribution in [2.45, 2.75) is 84.2 Å². The van der Waals surface area contributed by atoms with Gasteiger partial charge in [0.2, 0.25) is 0 Å². The smallest absolute Gasteiger partial charge is 0.0181 e. The molecule has 0 aliphatic rings. The zero-order chi connectivity index (χ0) is 11.7. The van der Waals surface area contributed by atoms with Crippen LogP contribution >= 0.6 is 21.6 Å². The van der Waals surface area contributed by atoms with Crippen LogP contribution in [0.25, 0.3) is 0 Å². The van der Waals surface area contributed by atoms with Crippen molar-refractivity contribution in [3.8, 4) is 0 Å². The van der Waals surface area contributed by atoms with E-state index in [9.17, 15) is 0 Å². The summed E-state index contributed by atoms with van der Waals surface area (Å²) in [6.45, 7) is 9.31. The van der Waals surface area contributed by atoms with Gasteiger partial charge in [0.25, 0.3) is 0 Å². The molecule has 0 spiro atoms. The summed E-state index contributed by atoms with van der Waals surface area (Å²) in [6.07, 6.45) is 11.4. The van der Waals surface area contributed by atoms with Crippen molar-refractivity contribution in [1.29, 1.82) is 0 Å². The molecule has 0 aromatic carbocycles. The SMILES string of the molecule is CCCCCCCCCC(C)C(C)(C)P.Cl. The van der Waals surface area contributed by atoms with E-state index in [-0.39, 0.29) is 12.4 Å². The fourth-order valence-electron chi connectivity index (χ4n) is 1.78. The van der Waals surface area contributed by atoms with Gasteiger partial charge in [-0.05, 0) is 17.5 Å². The lowest BCUT2D eigenvalue weighted by molar-refractivity contribution is 0.406.